The van der Waals surface area contributed by atoms with Gasteiger partial charge in [0.15, 0.2) is 0 Å². The number of hydrogen-bond acceptors (Lipinski definition) is 3. The van der Waals surface area contributed by atoms with E-state index in [9.17, 15) is 9.59 Å². The van der Waals surface area contributed by atoms with E-state index in [1.807, 2.05) is 49.5 Å². The van der Waals surface area contributed by atoms with Gasteiger partial charge in [-0.25, -0.2) is 0 Å². The number of anilines is 1. The van der Waals surface area contributed by atoms with E-state index in [4.69, 9.17) is 0 Å². The van der Waals surface area contributed by atoms with E-state index in [1.54, 1.807) is 0 Å². The lowest BCUT2D eigenvalue weighted by Crippen LogP contribution is -2.35. The van der Waals surface area contributed by atoms with Crippen LogP contribution in [0.1, 0.15) is 36.0 Å². The second-order valence-electron chi connectivity index (χ2n) is 7.97. The number of nitrogens with zero attached hydrogens (tertiary/aromatic N) is 1. The maximum atomic E-state index is 12.4. The third kappa shape index (κ3) is 4.71. The zero-order chi connectivity index (χ0) is 20.9. The van der Waals surface area contributed by atoms with Gasteiger partial charge in [-0.15, -0.1) is 0 Å². The molecule has 0 atom stereocenters. The molecule has 6 heteroatoms. The molecule has 3 aromatic rings. The molecular formula is C24H28N4O2. The van der Waals surface area contributed by atoms with Gasteiger partial charge in [0.1, 0.15) is 0 Å². The van der Waals surface area contributed by atoms with Crippen molar-refractivity contribution in [1.82, 2.24) is 15.2 Å². The summed E-state index contributed by atoms with van der Waals surface area (Å²) in [5.74, 6) is -1.29. The molecule has 6 nitrogen and oxygen atoms in total. The number of fused-ring (bicyclic) bond motifs is 1. The van der Waals surface area contributed by atoms with E-state index in [0.29, 0.717) is 12.2 Å². The molecule has 156 valence electrons. The summed E-state index contributed by atoms with van der Waals surface area (Å²) in [4.78, 5) is 30.4. The number of piperidine rings is 1. The van der Waals surface area contributed by atoms with Gasteiger partial charge in [0.05, 0.1) is 0 Å². The first-order chi connectivity index (χ1) is 14.6. The molecule has 3 N–H and O–H groups in total. The van der Waals surface area contributed by atoms with E-state index >= 15 is 0 Å². The van der Waals surface area contributed by atoms with Crippen LogP contribution < -0.4 is 10.6 Å². The topological polar surface area (TPSA) is 77.2 Å². The van der Waals surface area contributed by atoms with Crippen molar-refractivity contribution in [2.45, 2.75) is 39.3 Å². The van der Waals surface area contributed by atoms with Crippen LogP contribution in [0.25, 0.3) is 10.9 Å². The lowest BCUT2D eigenvalue weighted by atomic mass is 10.0. The quantitative estimate of drug-likeness (QED) is 0.567. The number of rotatable bonds is 5. The van der Waals surface area contributed by atoms with Crippen molar-refractivity contribution in [2.24, 2.45) is 0 Å². The average Bonchev–Trinajstić information content (AvgIpc) is 3.21. The second-order valence-corrected chi connectivity index (χ2v) is 7.97. The Morgan fingerprint density at radius 2 is 1.77 bits per heavy atom. The van der Waals surface area contributed by atoms with E-state index in [-0.39, 0.29) is 0 Å². The fourth-order valence-electron chi connectivity index (χ4n) is 4.03. The maximum absolute atomic E-state index is 12.4. The molecule has 1 aromatic heterocycles. The number of carbonyl (C=O) groups is 2. The first-order valence-electron chi connectivity index (χ1n) is 10.6. The van der Waals surface area contributed by atoms with Crippen LogP contribution in [0.4, 0.5) is 5.69 Å². The summed E-state index contributed by atoms with van der Waals surface area (Å²) in [7, 11) is 0. The molecule has 0 radical (unpaired) electrons. The number of amides is 2. The van der Waals surface area contributed by atoms with Crippen molar-refractivity contribution < 1.29 is 9.59 Å². The molecule has 2 amide bonds. The van der Waals surface area contributed by atoms with Crippen LogP contribution in [0, 0.1) is 6.92 Å². The Hall–Kier alpha value is -3.12. The molecule has 2 heterocycles. The minimum absolute atomic E-state index is 0.338. The summed E-state index contributed by atoms with van der Waals surface area (Å²) >= 11 is 0. The SMILES string of the molecule is Cc1cc2cc[nH]c2cc1NC(=O)C(=O)NCc1ccccc1CN1CCCCC1. The third-order valence-corrected chi connectivity index (χ3v) is 5.75. The van der Waals surface area contributed by atoms with E-state index in [1.165, 1.54) is 24.8 Å². The molecule has 2 aromatic carbocycles. The molecule has 0 unspecified atom stereocenters. The highest BCUT2D eigenvalue weighted by Gasteiger charge is 2.17. The number of aromatic amines is 1. The first-order valence-corrected chi connectivity index (χ1v) is 10.6. The molecule has 1 saturated heterocycles. The Bertz CT molecular complexity index is 1050. The van der Waals surface area contributed by atoms with Crippen LogP contribution in [0.15, 0.2) is 48.7 Å². The van der Waals surface area contributed by atoms with Gasteiger partial charge in [0.25, 0.3) is 0 Å². The summed E-state index contributed by atoms with van der Waals surface area (Å²) in [6.45, 7) is 5.37. The van der Waals surface area contributed by atoms with Crippen molar-refractivity contribution >= 4 is 28.4 Å². The average molecular weight is 405 g/mol. The molecule has 0 spiro atoms. The van der Waals surface area contributed by atoms with Gasteiger partial charge in [-0.2, -0.15) is 0 Å². The van der Waals surface area contributed by atoms with Gasteiger partial charge in [-0.3, -0.25) is 14.5 Å². The normalized spacial score (nSPS) is 14.6. The smallest absolute Gasteiger partial charge is 0.313 e. The van der Waals surface area contributed by atoms with Crippen molar-refractivity contribution in [3.8, 4) is 0 Å². The fourth-order valence-corrected chi connectivity index (χ4v) is 4.03. The van der Waals surface area contributed by atoms with Gasteiger partial charge in [0, 0.05) is 30.5 Å². The molecule has 4 rings (SSSR count). The number of H-pyrrole nitrogens is 1. The lowest BCUT2D eigenvalue weighted by molar-refractivity contribution is -0.136. The van der Waals surface area contributed by atoms with Crippen molar-refractivity contribution in [2.75, 3.05) is 18.4 Å². The van der Waals surface area contributed by atoms with E-state index in [2.05, 4.69) is 26.6 Å². The zero-order valence-corrected chi connectivity index (χ0v) is 17.3. The van der Waals surface area contributed by atoms with Crippen molar-refractivity contribution in [3.05, 3.63) is 65.4 Å². The predicted molar refractivity (Wildman–Crippen MR) is 119 cm³/mol. The van der Waals surface area contributed by atoms with Crippen LogP contribution in [-0.4, -0.2) is 34.8 Å². The predicted octanol–water partition coefficient (Wildman–Crippen LogP) is 3.72. The second kappa shape index (κ2) is 9.13. The number of carbonyl (C=O) groups excluding carboxylic acids is 2. The van der Waals surface area contributed by atoms with Gasteiger partial charge >= 0.3 is 11.8 Å². The highest BCUT2D eigenvalue weighted by atomic mass is 16.2. The Morgan fingerprint density at radius 1 is 1.00 bits per heavy atom. The van der Waals surface area contributed by atoms with E-state index < -0.39 is 11.8 Å². The number of nitrogens with one attached hydrogen (secondary N) is 3. The molecule has 30 heavy (non-hydrogen) atoms. The number of aromatic nitrogens is 1. The van der Waals surface area contributed by atoms with Crippen LogP contribution in [0.3, 0.4) is 0 Å². The first kappa shape index (κ1) is 20.2. The number of likely N-dealkylation sites (tertiary alicyclic amines) is 1. The Kier molecular flexibility index (Phi) is 6.14. The van der Waals surface area contributed by atoms with Crippen LogP contribution in [-0.2, 0) is 22.7 Å². The molecule has 1 fully saturated rings. The fraction of sp³-hybridized carbons (Fsp3) is 0.333. The van der Waals surface area contributed by atoms with Crippen molar-refractivity contribution in [1.29, 1.82) is 0 Å². The highest BCUT2D eigenvalue weighted by molar-refractivity contribution is 6.39. The number of hydrogen-bond donors (Lipinski definition) is 3. The molecule has 1 aliphatic rings. The van der Waals surface area contributed by atoms with Gasteiger partial charge in [0.2, 0.25) is 0 Å². The van der Waals surface area contributed by atoms with Gasteiger partial charge < -0.3 is 15.6 Å². The van der Waals surface area contributed by atoms with Crippen LogP contribution in [0.2, 0.25) is 0 Å². The summed E-state index contributed by atoms with van der Waals surface area (Å²) < 4.78 is 0. The largest absolute Gasteiger partial charge is 0.361 e. The summed E-state index contributed by atoms with van der Waals surface area (Å²) in [5.41, 5.74) is 4.72. The summed E-state index contributed by atoms with van der Waals surface area (Å²) in [6.07, 6.45) is 5.64. The molecular weight excluding hydrogens is 376 g/mol. The summed E-state index contributed by atoms with van der Waals surface area (Å²) in [6, 6.07) is 13.9. The molecule has 0 aliphatic carbocycles. The minimum Gasteiger partial charge on any atom is -0.361 e. The maximum Gasteiger partial charge on any atom is 0.313 e. The standard InChI is InChI=1S/C24H28N4O2/c1-17-13-18-9-10-25-22(18)14-21(17)27-24(30)23(29)26-15-19-7-3-4-8-20(19)16-28-11-5-2-6-12-28/h3-4,7-10,13-14,25H,2,5-6,11-12,15-16H2,1H3,(H,26,29)(H,27,30). The minimum atomic E-state index is -0.655. The lowest BCUT2D eigenvalue weighted by Gasteiger charge is -2.27. The van der Waals surface area contributed by atoms with Crippen LogP contribution >= 0.6 is 0 Å². The van der Waals surface area contributed by atoms with Crippen LogP contribution in [0.5, 0.6) is 0 Å². The monoisotopic (exact) mass is 404 g/mol. The Morgan fingerprint density at radius 3 is 2.57 bits per heavy atom. The van der Waals surface area contributed by atoms with Crippen molar-refractivity contribution in [3.63, 3.8) is 0 Å². The van der Waals surface area contributed by atoms with Gasteiger partial charge in [-0.1, -0.05) is 30.7 Å². The number of benzene rings is 2. The van der Waals surface area contributed by atoms with Gasteiger partial charge in [-0.05, 0) is 73.1 Å². The highest BCUT2D eigenvalue weighted by Crippen LogP contribution is 2.22. The molecule has 0 bridgehead atoms. The zero-order valence-electron chi connectivity index (χ0n) is 17.3. The third-order valence-electron chi connectivity index (χ3n) is 5.75. The summed E-state index contributed by atoms with van der Waals surface area (Å²) in [5, 5.41) is 6.57. The Balaban J connectivity index is 1.37. The van der Waals surface area contributed by atoms with E-state index in [0.717, 1.165) is 41.7 Å². The molecule has 1 aliphatic heterocycles. The molecule has 0 saturated carbocycles. The Labute approximate surface area is 176 Å². The number of aryl methyl sites for hydroxylation is 1.